The molecular weight excluding hydrogens is 378 g/mol. The van der Waals surface area contributed by atoms with E-state index in [9.17, 15) is 9.90 Å². The fourth-order valence-electron chi connectivity index (χ4n) is 5.65. The Morgan fingerprint density at radius 1 is 0.900 bits per heavy atom. The molecule has 0 saturated carbocycles. The van der Waals surface area contributed by atoms with Crippen LogP contribution in [0.4, 0.5) is 0 Å². The Morgan fingerprint density at radius 2 is 1.50 bits per heavy atom. The predicted molar refractivity (Wildman–Crippen MR) is 110 cm³/mol. The molecule has 4 heterocycles. The Kier molecular flexibility index (Phi) is 3.84. The molecule has 6 rings (SSSR count). The summed E-state index contributed by atoms with van der Waals surface area (Å²) in [6.07, 6.45) is 4.44. The first-order valence-corrected chi connectivity index (χ1v) is 10.6. The van der Waals surface area contributed by atoms with Crippen molar-refractivity contribution in [2.75, 3.05) is 0 Å². The molecule has 2 atom stereocenters. The van der Waals surface area contributed by atoms with Gasteiger partial charge in [-0.05, 0) is 37.1 Å². The van der Waals surface area contributed by atoms with Gasteiger partial charge in [-0.1, -0.05) is 36.4 Å². The van der Waals surface area contributed by atoms with Crippen LogP contribution in [0, 0.1) is 0 Å². The molecule has 3 aliphatic rings. The zero-order valence-electron chi connectivity index (χ0n) is 16.5. The maximum absolute atomic E-state index is 14.0. The minimum atomic E-state index is -1.00. The largest absolute Gasteiger partial charge is 0.466 e. The van der Waals surface area contributed by atoms with Crippen LogP contribution in [0.1, 0.15) is 48.5 Å². The van der Waals surface area contributed by atoms with Crippen LogP contribution in [0.3, 0.4) is 0 Å². The molecule has 1 N–H and O–H groups in total. The molecule has 1 aromatic heterocycles. The minimum absolute atomic E-state index is 0.00789. The maximum atomic E-state index is 14.0. The number of rotatable bonds is 2. The van der Waals surface area contributed by atoms with Gasteiger partial charge in [-0.15, -0.1) is 0 Å². The van der Waals surface area contributed by atoms with E-state index in [0.29, 0.717) is 18.6 Å². The quantitative estimate of drug-likeness (QED) is 0.684. The summed E-state index contributed by atoms with van der Waals surface area (Å²) >= 11 is 0. The summed E-state index contributed by atoms with van der Waals surface area (Å²) in [5, 5.41) is 11.3. The number of carbonyl (C=O) groups is 1. The summed E-state index contributed by atoms with van der Waals surface area (Å²) in [4.78, 5) is 16.0. The number of ether oxygens (including phenoxy) is 1. The SMILES string of the molecule is O=C(C1c2ccccc2Oc2ccccc21)N1C2CCC1CC(O)(c1ccco1)C2. The van der Waals surface area contributed by atoms with Gasteiger partial charge in [0.1, 0.15) is 22.9 Å². The highest BCUT2D eigenvalue weighted by atomic mass is 16.5. The number of para-hydroxylation sites is 2. The molecule has 2 bridgehead atoms. The molecule has 5 nitrogen and oxygen atoms in total. The summed E-state index contributed by atoms with van der Waals surface area (Å²) in [5.74, 6) is 1.81. The molecule has 5 heteroatoms. The Hall–Kier alpha value is -3.05. The molecule has 2 saturated heterocycles. The summed E-state index contributed by atoms with van der Waals surface area (Å²) in [6.45, 7) is 0. The van der Waals surface area contributed by atoms with Crippen LogP contribution in [0.5, 0.6) is 11.5 Å². The van der Waals surface area contributed by atoms with Crippen LogP contribution < -0.4 is 4.74 Å². The Labute approximate surface area is 174 Å². The molecule has 3 aromatic rings. The number of furan rings is 1. The highest BCUT2D eigenvalue weighted by Crippen LogP contribution is 2.50. The van der Waals surface area contributed by atoms with Gasteiger partial charge in [0, 0.05) is 36.1 Å². The smallest absolute Gasteiger partial charge is 0.235 e. The first-order chi connectivity index (χ1) is 14.6. The summed E-state index contributed by atoms with van der Waals surface area (Å²) in [6, 6.07) is 19.3. The van der Waals surface area contributed by atoms with Gasteiger partial charge < -0.3 is 19.2 Å². The van der Waals surface area contributed by atoms with Crippen molar-refractivity contribution in [3.63, 3.8) is 0 Å². The van der Waals surface area contributed by atoms with Crippen molar-refractivity contribution >= 4 is 5.91 Å². The summed E-state index contributed by atoms with van der Waals surface area (Å²) in [7, 11) is 0. The maximum Gasteiger partial charge on any atom is 0.235 e. The molecule has 0 radical (unpaired) electrons. The molecule has 3 aliphatic heterocycles. The second-order valence-electron chi connectivity index (χ2n) is 8.66. The second kappa shape index (κ2) is 6.47. The van der Waals surface area contributed by atoms with E-state index in [1.807, 2.05) is 65.6 Å². The Morgan fingerprint density at radius 3 is 2.07 bits per heavy atom. The van der Waals surface area contributed by atoms with Crippen molar-refractivity contribution in [3.05, 3.63) is 83.8 Å². The molecule has 1 amide bonds. The van der Waals surface area contributed by atoms with E-state index in [4.69, 9.17) is 9.15 Å². The predicted octanol–water partition coefficient (Wildman–Crippen LogP) is 4.56. The fraction of sp³-hybridized carbons (Fsp3) is 0.320. The summed E-state index contributed by atoms with van der Waals surface area (Å²) < 4.78 is 11.6. The number of hydrogen-bond acceptors (Lipinski definition) is 4. The van der Waals surface area contributed by atoms with Crippen molar-refractivity contribution in [2.24, 2.45) is 0 Å². The lowest BCUT2D eigenvalue weighted by atomic mass is 9.81. The van der Waals surface area contributed by atoms with Crippen molar-refractivity contribution in [1.29, 1.82) is 0 Å². The van der Waals surface area contributed by atoms with E-state index in [-0.39, 0.29) is 23.9 Å². The van der Waals surface area contributed by atoms with Gasteiger partial charge in [-0.3, -0.25) is 4.79 Å². The molecule has 152 valence electrons. The van der Waals surface area contributed by atoms with Gasteiger partial charge >= 0.3 is 0 Å². The third-order valence-electron chi connectivity index (χ3n) is 6.93. The average Bonchev–Trinajstić information content (AvgIpc) is 3.40. The highest BCUT2D eigenvalue weighted by molar-refractivity contribution is 5.90. The van der Waals surface area contributed by atoms with E-state index >= 15 is 0 Å². The number of nitrogens with zero attached hydrogens (tertiary/aromatic N) is 1. The first kappa shape index (κ1) is 17.8. The number of piperidine rings is 1. The topological polar surface area (TPSA) is 62.9 Å². The summed E-state index contributed by atoms with van der Waals surface area (Å²) in [5.41, 5.74) is 0.817. The zero-order chi connectivity index (χ0) is 20.3. The van der Waals surface area contributed by atoms with Gasteiger partial charge in [0.05, 0.1) is 12.2 Å². The van der Waals surface area contributed by atoms with Crippen LogP contribution in [0.15, 0.2) is 71.3 Å². The lowest BCUT2D eigenvalue weighted by molar-refractivity contribution is -0.144. The third-order valence-corrected chi connectivity index (χ3v) is 6.93. The zero-order valence-corrected chi connectivity index (χ0v) is 16.5. The van der Waals surface area contributed by atoms with E-state index < -0.39 is 5.60 Å². The Balaban J connectivity index is 1.38. The number of hydrogen-bond donors (Lipinski definition) is 1. The molecule has 2 fully saturated rings. The van der Waals surface area contributed by atoms with Crippen molar-refractivity contribution in [2.45, 2.75) is 49.3 Å². The lowest BCUT2D eigenvalue weighted by Crippen LogP contribution is -2.53. The number of benzene rings is 2. The van der Waals surface area contributed by atoms with Gasteiger partial charge in [0.25, 0.3) is 0 Å². The van der Waals surface area contributed by atoms with Gasteiger partial charge in [-0.2, -0.15) is 0 Å². The second-order valence-corrected chi connectivity index (χ2v) is 8.66. The van der Waals surface area contributed by atoms with Crippen LogP contribution in [-0.2, 0) is 10.4 Å². The minimum Gasteiger partial charge on any atom is -0.466 e. The van der Waals surface area contributed by atoms with Crippen LogP contribution >= 0.6 is 0 Å². The molecule has 30 heavy (non-hydrogen) atoms. The molecule has 0 aliphatic carbocycles. The lowest BCUT2D eigenvalue weighted by Gasteiger charge is -2.44. The van der Waals surface area contributed by atoms with Crippen LogP contribution in [0.2, 0.25) is 0 Å². The number of carbonyl (C=O) groups excluding carboxylic acids is 1. The number of fused-ring (bicyclic) bond motifs is 4. The Bertz CT molecular complexity index is 1050. The van der Waals surface area contributed by atoms with Crippen molar-refractivity contribution in [1.82, 2.24) is 4.90 Å². The van der Waals surface area contributed by atoms with Gasteiger partial charge in [0.2, 0.25) is 5.91 Å². The van der Waals surface area contributed by atoms with Crippen molar-refractivity contribution in [3.8, 4) is 11.5 Å². The van der Waals surface area contributed by atoms with Crippen LogP contribution in [-0.4, -0.2) is 28.0 Å². The number of amides is 1. The normalized spacial score (nSPS) is 27.3. The van der Waals surface area contributed by atoms with Gasteiger partial charge in [0.15, 0.2) is 0 Å². The molecule has 0 spiro atoms. The first-order valence-electron chi connectivity index (χ1n) is 10.6. The van der Waals surface area contributed by atoms with E-state index in [1.54, 1.807) is 6.26 Å². The molecule has 2 unspecified atom stereocenters. The third kappa shape index (κ3) is 2.55. The van der Waals surface area contributed by atoms with Crippen molar-refractivity contribution < 1.29 is 19.1 Å². The van der Waals surface area contributed by atoms with E-state index in [0.717, 1.165) is 35.5 Å². The van der Waals surface area contributed by atoms with Gasteiger partial charge in [-0.25, -0.2) is 0 Å². The highest BCUT2D eigenvalue weighted by Gasteiger charge is 2.52. The average molecular weight is 401 g/mol. The van der Waals surface area contributed by atoms with E-state index in [1.165, 1.54) is 0 Å². The number of aliphatic hydroxyl groups is 1. The van der Waals surface area contributed by atoms with E-state index in [2.05, 4.69) is 0 Å². The monoisotopic (exact) mass is 401 g/mol. The fourth-order valence-corrected chi connectivity index (χ4v) is 5.65. The molecule has 2 aromatic carbocycles. The standard InChI is InChI=1S/C25H23NO4/c27-24(23-18-6-1-3-8-20(18)30-21-9-4-2-7-19(21)23)26-16-11-12-17(26)15-25(28,14-16)22-10-5-13-29-22/h1-10,13,16-17,23,28H,11-12,14-15H2. The molecular formula is C25H23NO4. The van der Waals surface area contributed by atoms with Crippen LogP contribution in [0.25, 0.3) is 0 Å².